The highest BCUT2D eigenvalue weighted by molar-refractivity contribution is 7.98. The van der Waals surface area contributed by atoms with Crippen LogP contribution in [-0.4, -0.2) is 24.0 Å². The third-order valence-electron chi connectivity index (χ3n) is 3.88. The molecule has 0 N–H and O–H groups in total. The summed E-state index contributed by atoms with van der Waals surface area (Å²) in [6.07, 6.45) is 11.1. The Morgan fingerprint density at radius 1 is 1.24 bits per heavy atom. The van der Waals surface area contributed by atoms with Crippen LogP contribution >= 0.6 is 11.9 Å². The Hall–Kier alpha value is -0.200. The van der Waals surface area contributed by atoms with Crippen molar-refractivity contribution in [2.24, 2.45) is 5.92 Å². The van der Waals surface area contributed by atoms with Crippen molar-refractivity contribution in [2.45, 2.75) is 58.3 Å². The minimum Gasteiger partial charge on any atom is -0.250 e. The van der Waals surface area contributed by atoms with Gasteiger partial charge in [-0.05, 0) is 6.42 Å². The van der Waals surface area contributed by atoms with Crippen LogP contribution in [0.1, 0.15) is 58.3 Å². The van der Waals surface area contributed by atoms with Gasteiger partial charge in [-0.1, -0.05) is 45.4 Å². The van der Waals surface area contributed by atoms with Gasteiger partial charge in [0.1, 0.15) is 0 Å². The summed E-state index contributed by atoms with van der Waals surface area (Å²) in [6.45, 7) is 4.65. The van der Waals surface area contributed by atoms with Gasteiger partial charge >= 0.3 is 0 Å². The summed E-state index contributed by atoms with van der Waals surface area (Å²) in [5.41, 5.74) is 0. The second kappa shape index (κ2) is 8.00. The van der Waals surface area contributed by atoms with E-state index in [2.05, 4.69) is 19.4 Å². The fraction of sp³-hybridized carbons (Fsp3) is 0.929. The molecule has 0 aliphatic carbocycles. The average molecular weight is 255 g/mol. The van der Waals surface area contributed by atoms with Crippen LogP contribution in [0.4, 0.5) is 0 Å². The number of rotatable bonds is 8. The second-order valence-electron chi connectivity index (χ2n) is 5.60. The van der Waals surface area contributed by atoms with Crippen LogP contribution in [-0.2, 0) is 0 Å². The number of hydrogen-bond donors (Lipinski definition) is 0. The molecule has 0 aromatic carbocycles. The first-order chi connectivity index (χ1) is 8.20. The minimum atomic E-state index is 0.868. The molecule has 0 bridgehead atoms. The molecular weight excluding hydrogens is 228 g/mol. The number of hydrogen-bond acceptors (Lipinski definition) is 2. The Morgan fingerprint density at radius 2 is 1.94 bits per heavy atom. The molecule has 2 unspecified atom stereocenters. The van der Waals surface area contributed by atoms with Gasteiger partial charge in [-0.2, -0.15) is 5.26 Å². The van der Waals surface area contributed by atoms with Gasteiger partial charge in [-0.15, -0.1) is 0 Å². The summed E-state index contributed by atoms with van der Waals surface area (Å²) >= 11 is 1.44. The first kappa shape index (κ1) is 14.9. The summed E-state index contributed by atoms with van der Waals surface area (Å²) in [6, 6.07) is 0. The number of nitrogens with zero attached hydrogens (tertiary/aromatic N) is 2. The highest BCUT2D eigenvalue weighted by atomic mass is 32.2. The largest absolute Gasteiger partial charge is 0.250 e. The lowest BCUT2D eigenvalue weighted by atomic mass is 10.00. The molecule has 0 amide bonds. The summed E-state index contributed by atoms with van der Waals surface area (Å²) in [7, 11) is 2.20. The predicted molar refractivity (Wildman–Crippen MR) is 75.2 cm³/mol. The Bertz CT molecular complexity index is 249. The standard InChI is InChI=1S/C14H27N2S/c1-3-4-5-6-7-8-9-14-10-11-16(2,12-14)17-13-15/h14H,3-12H2,1-2H3/q+1. The van der Waals surface area contributed by atoms with Crippen molar-refractivity contribution in [1.82, 2.24) is 0 Å². The number of unbranched alkanes of at least 4 members (excludes halogenated alkanes) is 5. The van der Waals surface area contributed by atoms with Gasteiger partial charge in [0, 0.05) is 12.3 Å². The molecular formula is C14H27N2S+. The molecule has 3 heteroatoms. The van der Waals surface area contributed by atoms with E-state index < -0.39 is 0 Å². The Balaban J connectivity index is 2.04. The number of thiocyanates is 1. The molecule has 98 valence electrons. The van der Waals surface area contributed by atoms with E-state index in [1.165, 1.54) is 76.4 Å². The molecule has 1 saturated heterocycles. The molecule has 0 radical (unpaired) electrons. The molecule has 1 fully saturated rings. The Morgan fingerprint density at radius 3 is 2.65 bits per heavy atom. The third-order valence-corrected chi connectivity index (χ3v) is 4.74. The van der Waals surface area contributed by atoms with E-state index in [1.807, 2.05) is 0 Å². The number of quaternary nitrogens is 1. The summed E-state index contributed by atoms with van der Waals surface area (Å²) < 4.78 is 0.914. The van der Waals surface area contributed by atoms with E-state index in [4.69, 9.17) is 5.26 Å². The van der Waals surface area contributed by atoms with Gasteiger partial charge in [0.2, 0.25) is 0 Å². The second-order valence-corrected chi connectivity index (χ2v) is 6.84. The first-order valence-electron chi connectivity index (χ1n) is 7.12. The van der Waals surface area contributed by atoms with E-state index in [0.717, 1.165) is 9.81 Å². The fourth-order valence-corrected chi connectivity index (χ4v) is 3.49. The first-order valence-corrected chi connectivity index (χ1v) is 7.90. The van der Waals surface area contributed by atoms with Gasteiger partial charge < -0.3 is 0 Å². The van der Waals surface area contributed by atoms with Crippen LogP contribution in [0, 0.1) is 16.6 Å². The van der Waals surface area contributed by atoms with E-state index in [0.29, 0.717) is 0 Å². The van der Waals surface area contributed by atoms with Gasteiger partial charge in [0.25, 0.3) is 0 Å². The lowest BCUT2D eigenvalue weighted by Crippen LogP contribution is -2.33. The van der Waals surface area contributed by atoms with E-state index in [9.17, 15) is 0 Å². The molecule has 0 spiro atoms. The fourth-order valence-electron chi connectivity index (χ4n) is 2.81. The molecule has 0 aromatic heterocycles. The highest BCUT2D eigenvalue weighted by Gasteiger charge is 2.35. The molecule has 1 rings (SSSR count). The summed E-state index contributed by atoms with van der Waals surface area (Å²) in [4.78, 5) is 0. The maximum absolute atomic E-state index is 8.77. The van der Waals surface area contributed by atoms with Crippen molar-refractivity contribution < 1.29 is 3.89 Å². The smallest absolute Gasteiger partial charge is 0.196 e. The highest BCUT2D eigenvalue weighted by Crippen LogP contribution is 2.33. The summed E-state index contributed by atoms with van der Waals surface area (Å²) in [5.74, 6) is 0.868. The normalized spacial score (nSPS) is 28.2. The van der Waals surface area contributed by atoms with E-state index >= 15 is 0 Å². The predicted octanol–water partition coefficient (Wildman–Crippen LogP) is 4.33. The van der Waals surface area contributed by atoms with Crippen LogP contribution in [0.15, 0.2) is 0 Å². The lowest BCUT2D eigenvalue weighted by Gasteiger charge is -2.22. The van der Waals surface area contributed by atoms with Crippen LogP contribution in [0.5, 0.6) is 0 Å². The minimum absolute atomic E-state index is 0.868. The Kier molecular flexibility index (Phi) is 6.99. The maximum Gasteiger partial charge on any atom is 0.196 e. The third kappa shape index (κ3) is 5.79. The van der Waals surface area contributed by atoms with Gasteiger partial charge in [-0.3, -0.25) is 3.89 Å². The zero-order chi connectivity index (χ0) is 12.6. The molecule has 0 aromatic rings. The van der Waals surface area contributed by atoms with Crippen LogP contribution in [0.3, 0.4) is 0 Å². The average Bonchev–Trinajstić information content (AvgIpc) is 2.66. The van der Waals surface area contributed by atoms with Crippen molar-refractivity contribution in [1.29, 1.82) is 5.26 Å². The molecule has 0 saturated carbocycles. The molecule has 2 nitrogen and oxygen atoms in total. The van der Waals surface area contributed by atoms with E-state index in [-0.39, 0.29) is 0 Å². The lowest BCUT2D eigenvalue weighted by molar-refractivity contribution is -0.759. The van der Waals surface area contributed by atoms with Crippen LogP contribution in [0.25, 0.3) is 0 Å². The van der Waals surface area contributed by atoms with Crippen molar-refractivity contribution in [3.8, 4) is 5.40 Å². The van der Waals surface area contributed by atoms with E-state index in [1.54, 1.807) is 0 Å². The molecule has 17 heavy (non-hydrogen) atoms. The Labute approximate surface area is 111 Å². The SMILES string of the molecule is CCCCCCCCC1CC[N+](C)(SC#N)C1. The van der Waals surface area contributed by atoms with Gasteiger partial charge in [-0.25, -0.2) is 0 Å². The van der Waals surface area contributed by atoms with Crippen molar-refractivity contribution in [2.75, 3.05) is 20.1 Å². The topological polar surface area (TPSA) is 23.8 Å². The number of likely N-dealkylation sites (tertiary alicyclic amines) is 1. The zero-order valence-corrected chi connectivity index (χ0v) is 12.3. The number of nitriles is 1. The van der Waals surface area contributed by atoms with Crippen molar-refractivity contribution >= 4 is 11.9 Å². The van der Waals surface area contributed by atoms with Crippen molar-refractivity contribution in [3.63, 3.8) is 0 Å². The maximum atomic E-state index is 8.77. The molecule has 1 aliphatic rings. The van der Waals surface area contributed by atoms with Gasteiger partial charge in [0.05, 0.1) is 20.1 Å². The molecule has 2 atom stereocenters. The zero-order valence-electron chi connectivity index (χ0n) is 11.5. The van der Waals surface area contributed by atoms with Gasteiger partial charge in [0.15, 0.2) is 17.3 Å². The van der Waals surface area contributed by atoms with Crippen molar-refractivity contribution in [3.05, 3.63) is 0 Å². The van der Waals surface area contributed by atoms with Crippen LogP contribution in [0.2, 0.25) is 0 Å². The quantitative estimate of drug-likeness (QED) is 0.279. The molecule has 1 heterocycles. The monoisotopic (exact) mass is 255 g/mol. The molecule has 1 aliphatic heterocycles. The van der Waals surface area contributed by atoms with Crippen LogP contribution < -0.4 is 0 Å². The summed E-state index contributed by atoms with van der Waals surface area (Å²) in [5, 5.41) is 11.0.